The van der Waals surface area contributed by atoms with Crippen LogP contribution >= 0.6 is 0 Å². The molecule has 3 N–H and O–H groups in total. The standard InChI is InChI=1S/C14H22N2O/c1-17-13-6-4-12(5-7-13)14(15)9-11-3-2-8-16-10-11/h4-7,11,14,16H,2-3,8-10,15H2,1H3. The molecule has 94 valence electrons. The van der Waals surface area contributed by atoms with Gasteiger partial charge in [0.2, 0.25) is 0 Å². The van der Waals surface area contributed by atoms with Crippen LogP contribution < -0.4 is 15.8 Å². The summed E-state index contributed by atoms with van der Waals surface area (Å²) in [6.45, 7) is 2.28. The monoisotopic (exact) mass is 234 g/mol. The quantitative estimate of drug-likeness (QED) is 0.838. The number of ether oxygens (including phenoxy) is 1. The third-order valence-corrected chi connectivity index (χ3v) is 3.53. The number of rotatable bonds is 4. The van der Waals surface area contributed by atoms with Gasteiger partial charge in [0.25, 0.3) is 0 Å². The second kappa shape index (κ2) is 6.03. The Morgan fingerprint density at radius 1 is 1.41 bits per heavy atom. The van der Waals surface area contributed by atoms with Gasteiger partial charge in [0.05, 0.1) is 7.11 Å². The van der Waals surface area contributed by atoms with Gasteiger partial charge in [-0.25, -0.2) is 0 Å². The Morgan fingerprint density at radius 2 is 2.18 bits per heavy atom. The molecule has 1 heterocycles. The van der Waals surface area contributed by atoms with Crippen LogP contribution in [0.4, 0.5) is 0 Å². The minimum absolute atomic E-state index is 0.144. The Morgan fingerprint density at radius 3 is 2.76 bits per heavy atom. The largest absolute Gasteiger partial charge is 0.497 e. The highest BCUT2D eigenvalue weighted by Crippen LogP contribution is 2.24. The molecule has 1 aromatic carbocycles. The molecule has 0 amide bonds. The minimum atomic E-state index is 0.144. The lowest BCUT2D eigenvalue weighted by Crippen LogP contribution is -2.31. The maximum absolute atomic E-state index is 6.25. The Bertz CT molecular complexity index is 331. The highest BCUT2D eigenvalue weighted by Gasteiger charge is 2.17. The maximum Gasteiger partial charge on any atom is 0.118 e. The second-order valence-electron chi connectivity index (χ2n) is 4.83. The normalized spacial score (nSPS) is 22.1. The third kappa shape index (κ3) is 3.45. The van der Waals surface area contributed by atoms with E-state index in [-0.39, 0.29) is 6.04 Å². The van der Waals surface area contributed by atoms with E-state index in [0.29, 0.717) is 0 Å². The average molecular weight is 234 g/mol. The molecule has 1 aromatic rings. The van der Waals surface area contributed by atoms with E-state index in [4.69, 9.17) is 10.5 Å². The summed E-state index contributed by atoms with van der Waals surface area (Å²) in [7, 11) is 1.68. The zero-order valence-corrected chi connectivity index (χ0v) is 10.5. The first kappa shape index (κ1) is 12.4. The summed E-state index contributed by atoms with van der Waals surface area (Å²) in [5.41, 5.74) is 7.45. The van der Waals surface area contributed by atoms with Crippen LogP contribution in [-0.4, -0.2) is 20.2 Å². The highest BCUT2D eigenvalue weighted by molar-refractivity contribution is 5.28. The van der Waals surface area contributed by atoms with Crippen LogP contribution in [0.5, 0.6) is 5.75 Å². The van der Waals surface area contributed by atoms with E-state index < -0.39 is 0 Å². The Balaban J connectivity index is 1.91. The summed E-state index contributed by atoms with van der Waals surface area (Å²) in [6, 6.07) is 8.24. The van der Waals surface area contributed by atoms with E-state index in [1.165, 1.54) is 18.4 Å². The van der Waals surface area contributed by atoms with Crippen LogP contribution in [0.2, 0.25) is 0 Å². The molecule has 0 radical (unpaired) electrons. The lowest BCUT2D eigenvalue weighted by molar-refractivity contribution is 0.336. The van der Waals surface area contributed by atoms with Gasteiger partial charge in [-0.2, -0.15) is 0 Å². The summed E-state index contributed by atoms with van der Waals surface area (Å²) >= 11 is 0. The van der Waals surface area contributed by atoms with E-state index in [9.17, 15) is 0 Å². The van der Waals surface area contributed by atoms with Crippen molar-refractivity contribution in [3.63, 3.8) is 0 Å². The van der Waals surface area contributed by atoms with Crippen molar-refractivity contribution >= 4 is 0 Å². The topological polar surface area (TPSA) is 47.3 Å². The van der Waals surface area contributed by atoms with Crippen molar-refractivity contribution in [2.24, 2.45) is 11.7 Å². The highest BCUT2D eigenvalue weighted by atomic mass is 16.5. The summed E-state index contributed by atoms with van der Waals surface area (Å²) < 4.78 is 5.15. The summed E-state index contributed by atoms with van der Waals surface area (Å²) in [5, 5.41) is 3.43. The van der Waals surface area contributed by atoms with Crippen molar-refractivity contribution in [3.05, 3.63) is 29.8 Å². The van der Waals surface area contributed by atoms with Crippen molar-refractivity contribution in [3.8, 4) is 5.75 Å². The van der Waals surface area contributed by atoms with Crippen LogP contribution in [0.3, 0.4) is 0 Å². The first-order chi connectivity index (χ1) is 8.29. The molecule has 0 saturated carbocycles. The number of nitrogens with two attached hydrogens (primary N) is 1. The van der Waals surface area contributed by atoms with Crippen molar-refractivity contribution in [1.82, 2.24) is 5.32 Å². The Labute approximate surface area is 103 Å². The molecule has 17 heavy (non-hydrogen) atoms. The number of piperidine rings is 1. The molecule has 3 nitrogen and oxygen atoms in total. The predicted molar refractivity (Wildman–Crippen MR) is 70.1 cm³/mol. The summed E-state index contributed by atoms with van der Waals surface area (Å²) in [4.78, 5) is 0. The smallest absolute Gasteiger partial charge is 0.118 e. The van der Waals surface area contributed by atoms with Crippen LogP contribution in [0.25, 0.3) is 0 Å². The minimum Gasteiger partial charge on any atom is -0.497 e. The van der Waals surface area contributed by atoms with E-state index in [0.717, 1.165) is 31.2 Å². The van der Waals surface area contributed by atoms with Gasteiger partial charge >= 0.3 is 0 Å². The van der Waals surface area contributed by atoms with Crippen LogP contribution in [-0.2, 0) is 0 Å². The molecule has 0 spiro atoms. The zero-order chi connectivity index (χ0) is 12.1. The molecule has 0 bridgehead atoms. The molecular weight excluding hydrogens is 212 g/mol. The summed E-state index contributed by atoms with van der Waals surface area (Å²) in [6.07, 6.45) is 3.65. The molecule has 1 aliphatic rings. The van der Waals surface area contributed by atoms with E-state index >= 15 is 0 Å². The van der Waals surface area contributed by atoms with Gasteiger partial charge in [-0.05, 0) is 56.0 Å². The predicted octanol–water partition coefficient (Wildman–Crippen LogP) is 2.08. The fraction of sp³-hybridized carbons (Fsp3) is 0.571. The SMILES string of the molecule is COc1ccc(C(N)CC2CCCNC2)cc1. The van der Waals surface area contributed by atoms with Crippen molar-refractivity contribution in [2.75, 3.05) is 20.2 Å². The second-order valence-corrected chi connectivity index (χ2v) is 4.83. The number of nitrogens with one attached hydrogen (secondary N) is 1. The van der Waals surface area contributed by atoms with Crippen molar-refractivity contribution in [2.45, 2.75) is 25.3 Å². The first-order valence-corrected chi connectivity index (χ1v) is 6.40. The van der Waals surface area contributed by atoms with Crippen molar-refractivity contribution < 1.29 is 4.74 Å². The fourth-order valence-corrected chi connectivity index (χ4v) is 2.47. The zero-order valence-electron chi connectivity index (χ0n) is 10.5. The molecule has 1 fully saturated rings. The van der Waals surface area contributed by atoms with Gasteiger partial charge in [-0.3, -0.25) is 0 Å². The van der Waals surface area contributed by atoms with E-state index in [1.54, 1.807) is 7.11 Å². The first-order valence-electron chi connectivity index (χ1n) is 6.40. The molecule has 1 aliphatic heterocycles. The molecule has 3 heteroatoms. The van der Waals surface area contributed by atoms with Crippen LogP contribution in [0.1, 0.15) is 30.9 Å². The molecule has 1 saturated heterocycles. The number of hydrogen-bond acceptors (Lipinski definition) is 3. The molecular formula is C14H22N2O. The Kier molecular flexibility index (Phi) is 4.40. The van der Waals surface area contributed by atoms with Gasteiger partial charge in [0.1, 0.15) is 5.75 Å². The maximum atomic E-state index is 6.25. The molecule has 0 aromatic heterocycles. The van der Waals surface area contributed by atoms with Crippen LogP contribution in [0, 0.1) is 5.92 Å². The molecule has 2 atom stereocenters. The van der Waals surface area contributed by atoms with Gasteiger partial charge in [-0.1, -0.05) is 12.1 Å². The number of methoxy groups -OCH3 is 1. The van der Waals surface area contributed by atoms with Crippen molar-refractivity contribution in [1.29, 1.82) is 0 Å². The van der Waals surface area contributed by atoms with Crippen LogP contribution in [0.15, 0.2) is 24.3 Å². The fourth-order valence-electron chi connectivity index (χ4n) is 2.47. The molecule has 2 unspecified atom stereocenters. The van der Waals surface area contributed by atoms with Gasteiger partial charge < -0.3 is 15.8 Å². The third-order valence-electron chi connectivity index (χ3n) is 3.53. The lowest BCUT2D eigenvalue weighted by Gasteiger charge is -2.25. The Hall–Kier alpha value is -1.06. The number of hydrogen-bond donors (Lipinski definition) is 2. The van der Waals surface area contributed by atoms with E-state index in [1.807, 2.05) is 12.1 Å². The number of benzene rings is 1. The molecule has 0 aliphatic carbocycles. The lowest BCUT2D eigenvalue weighted by atomic mass is 9.90. The van der Waals surface area contributed by atoms with Gasteiger partial charge in [0, 0.05) is 6.04 Å². The average Bonchev–Trinajstić information content (AvgIpc) is 2.40. The van der Waals surface area contributed by atoms with Gasteiger partial charge in [-0.15, -0.1) is 0 Å². The summed E-state index contributed by atoms with van der Waals surface area (Å²) in [5.74, 6) is 1.61. The van der Waals surface area contributed by atoms with E-state index in [2.05, 4.69) is 17.4 Å². The molecule has 2 rings (SSSR count). The van der Waals surface area contributed by atoms with Gasteiger partial charge in [0.15, 0.2) is 0 Å².